The van der Waals surface area contributed by atoms with Crippen LogP contribution in [0.25, 0.3) is 0 Å². The Balaban J connectivity index is 2.41. The van der Waals surface area contributed by atoms with Gasteiger partial charge in [-0.05, 0) is 32.4 Å². The Hall–Kier alpha value is -2.28. The topological polar surface area (TPSA) is 96.6 Å². The number of carbonyl (C=O) groups is 1. The average molecular weight is 309 g/mol. The summed E-state index contributed by atoms with van der Waals surface area (Å²) in [7, 11) is -3.90. The van der Waals surface area contributed by atoms with Crippen LogP contribution in [0.15, 0.2) is 33.6 Å². The molecule has 7 heteroatoms. The van der Waals surface area contributed by atoms with Crippen molar-refractivity contribution in [1.82, 2.24) is 0 Å². The normalized spacial score (nSPS) is 11.4. The lowest BCUT2D eigenvalue weighted by Crippen LogP contribution is -2.14. The van der Waals surface area contributed by atoms with Crippen LogP contribution in [0, 0.1) is 20.8 Å². The van der Waals surface area contributed by atoms with Crippen LogP contribution in [-0.4, -0.2) is 19.5 Å². The van der Waals surface area contributed by atoms with E-state index in [9.17, 15) is 13.2 Å². The highest BCUT2D eigenvalue weighted by Crippen LogP contribution is 2.24. The number of anilines is 1. The molecule has 0 atom stereocenters. The van der Waals surface area contributed by atoms with Crippen LogP contribution in [-0.2, 0) is 10.0 Å². The minimum absolute atomic E-state index is 0.0321. The van der Waals surface area contributed by atoms with Gasteiger partial charge >= 0.3 is 5.97 Å². The summed E-state index contributed by atoms with van der Waals surface area (Å²) in [6, 6.07) is 6.30. The third-order valence-corrected chi connectivity index (χ3v) is 4.47. The smallest absolute Gasteiger partial charge is 0.371 e. The van der Waals surface area contributed by atoms with Gasteiger partial charge in [0.2, 0.25) is 5.76 Å². The van der Waals surface area contributed by atoms with E-state index >= 15 is 0 Å². The van der Waals surface area contributed by atoms with E-state index in [2.05, 4.69) is 4.72 Å². The maximum absolute atomic E-state index is 12.3. The fraction of sp³-hybridized carbons (Fsp3) is 0.214. The van der Waals surface area contributed by atoms with E-state index in [1.54, 1.807) is 19.1 Å². The molecule has 21 heavy (non-hydrogen) atoms. The second-order valence-corrected chi connectivity index (χ2v) is 6.41. The first-order chi connectivity index (χ1) is 9.70. The molecule has 2 rings (SSSR count). The lowest BCUT2D eigenvalue weighted by atomic mass is 10.1. The number of rotatable bonds is 4. The molecule has 2 N–H and O–H groups in total. The van der Waals surface area contributed by atoms with E-state index in [1.165, 1.54) is 6.92 Å². The molecular formula is C14H15NO5S. The minimum atomic E-state index is -3.90. The second kappa shape index (κ2) is 5.25. The molecule has 0 saturated carbocycles. The Morgan fingerprint density at radius 3 is 2.38 bits per heavy atom. The van der Waals surface area contributed by atoms with E-state index in [1.807, 2.05) is 13.0 Å². The van der Waals surface area contributed by atoms with Gasteiger partial charge in [-0.15, -0.1) is 0 Å². The van der Waals surface area contributed by atoms with Gasteiger partial charge in [-0.25, -0.2) is 13.2 Å². The monoisotopic (exact) mass is 309 g/mol. The minimum Gasteiger partial charge on any atom is -0.475 e. The van der Waals surface area contributed by atoms with Gasteiger partial charge in [0.25, 0.3) is 10.0 Å². The Kier molecular flexibility index (Phi) is 3.78. The van der Waals surface area contributed by atoms with Gasteiger partial charge in [0.15, 0.2) is 0 Å². The highest BCUT2D eigenvalue weighted by Gasteiger charge is 2.24. The third kappa shape index (κ3) is 3.08. The van der Waals surface area contributed by atoms with Crippen LogP contribution in [0.4, 0.5) is 5.69 Å². The molecule has 0 aliphatic heterocycles. The van der Waals surface area contributed by atoms with Gasteiger partial charge in [0.05, 0.1) is 5.69 Å². The zero-order chi connectivity index (χ0) is 15.8. The van der Waals surface area contributed by atoms with Crippen molar-refractivity contribution >= 4 is 21.7 Å². The summed E-state index contributed by atoms with van der Waals surface area (Å²) >= 11 is 0. The van der Waals surface area contributed by atoms with Gasteiger partial charge in [0, 0.05) is 6.07 Å². The van der Waals surface area contributed by atoms with E-state index in [-0.39, 0.29) is 10.7 Å². The highest BCUT2D eigenvalue weighted by molar-refractivity contribution is 7.92. The molecule has 112 valence electrons. The Morgan fingerprint density at radius 1 is 1.19 bits per heavy atom. The number of carboxylic acid groups (broad SMARTS) is 1. The van der Waals surface area contributed by atoms with Crippen molar-refractivity contribution in [3.63, 3.8) is 0 Å². The number of aryl methyl sites for hydroxylation is 3. The molecule has 0 aliphatic rings. The van der Waals surface area contributed by atoms with Crippen molar-refractivity contribution in [3.8, 4) is 0 Å². The zero-order valence-electron chi connectivity index (χ0n) is 11.8. The van der Waals surface area contributed by atoms with Crippen molar-refractivity contribution in [3.05, 3.63) is 46.9 Å². The van der Waals surface area contributed by atoms with Crippen molar-refractivity contribution < 1.29 is 22.7 Å². The molecule has 6 nitrogen and oxygen atoms in total. The van der Waals surface area contributed by atoms with Crippen LogP contribution in [0.1, 0.15) is 27.4 Å². The van der Waals surface area contributed by atoms with E-state index < -0.39 is 21.8 Å². The predicted molar refractivity (Wildman–Crippen MR) is 77.1 cm³/mol. The standard InChI is InChI=1S/C14H15NO5S/c1-8-4-5-11(9(2)6-8)15-21(18,19)13-7-12(14(16)17)20-10(13)3/h4-7,15H,1-3H3,(H,16,17). The van der Waals surface area contributed by atoms with Crippen LogP contribution in [0.5, 0.6) is 0 Å². The molecule has 0 radical (unpaired) electrons. The van der Waals surface area contributed by atoms with Gasteiger partial charge in [-0.1, -0.05) is 17.7 Å². The number of hydrogen-bond acceptors (Lipinski definition) is 4. The summed E-state index contributed by atoms with van der Waals surface area (Å²) in [6.07, 6.45) is 0. The SMILES string of the molecule is Cc1ccc(NS(=O)(=O)c2cc(C(=O)O)oc2C)c(C)c1. The predicted octanol–water partition coefficient (Wildman–Crippen LogP) is 2.70. The van der Waals surface area contributed by atoms with E-state index in [4.69, 9.17) is 9.52 Å². The Morgan fingerprint density at radius 2 is 1.86 bits per heavy atom. The van der Waals surface area contributed by atoms with Crippen LogP contribution >= 0.6 is 0 Å². The van der Waals surface area contributed by atoms with Crippen molar-refractivity contribution in [1.29, 1.82) is 0 Å². The average Bonchev–Trinajstić information content (AvgIpc) is 2.76. The summed E-state index contributed by atoms with van der Waals surface area (Å²) < 4.78 is 32.0. The fourth-order valence-corrected chi connectivity index (χ4v) is 3.28. The fourth-order valence-electron chi connectivity index (χ4n) is 1.97. The molecule has 2 aromatic rings. The number of carboxylic acids is 1. The van der Waals surface area contributed by atoms with Gasteiger partial charge in [0.1, 0.15) is 10.7 Å². The first-order valence-electron chi connectivity index (χ1n) is 6.14. The quantitative estimate of drug-likeness (QED) is 0.905. The number of nitrogens with one attached hydrogen (secondary N) is 1. The van der Waals surface area contributed by atoms with E-state index in [0.717, 1.165) is 17.2 Å². The Bertz CT molecular complexity index is 805. The largest absolute Gasteiger partial charge is 0.475 e. The summed E-state index contributed by atoms with van der Waals surface area (Å²) in [6.45, 7) is 5.10. The molecule has 0 fully saturated rings. The lowest BCUT2D eigenvalue weighted by molar-refractivity contribution is 0.0661. The molecule has 0 saturated heterocycles. The number of sulfonamides is 1. The number of furan rings is 1. The van der Waals surface area contributed by atoms with Gasteiger partial charge in [-0.2, -0.15) is 0 Å². The van der Waals surface area contributed by atoms with Crippen molar-refractivity contribution in [2.45, 2.75) is 25.7 Å². The molecule has 0 spiro atoms. The lowest BCUT2D eigenvalue weighted by Gasteiger charge is -2.10. The number of benzene rings is 1. The van der Waals surface area contributed by atoms with Crippen molar-refractivity contribution in [2.24, 2.45) is 0 Å². The first-order valence-corrected chi connectivity index (χ1v) is 7.63. The molecule has 0 amide bonds. The zero-order valence-corrected chi connectivity index (χ0v) is 12.6. The number of aromatic carboxylic acids is 1. The highest BCUT2D eigenvalue weighted by atomic mass is 32.2. The molecule has 0 unspecified atom stereocenters. The summed E-state index contributed by atoms with van der Waals surface area (Å²) in [5.74, 6) is -1.69. The Labute approximate surface area is 122 Å². The summed E-state index contributed by atoms with van der Waals surface area (Å²) in [4.78, 5) is 10.7. The van der Waals surface area contributed by atoms with Gasteiger partial charge in [-0.3, -0.25) is 4.72 Å². The maximum atomic E-state index is 12.3. The molecule has 1 heterocycles. The molecular weight excluding hydrogens is 294 g/mol. The van der Waals surface area contributed by atoms with Crippen molar-refractivity contribution in [2.75, 3.05) is 4.72 Å². The van der Waals surface area contributed by atoms with Crippen LogP contribution < -0.4 is 4.72 Å². The van der Waals surface area contributed by atoms with E-state index in [0.29, 0.717) is 5.69 Å². The molecule has 1 aromatic carbocycles. The molecule has 1 aromatic heterocycles. The first kappa shape index (κ1) is 15.1. The molecule has 0 aliphatic carbocycles. The summed E-state index contributed by atoms with van der Waals surface area (Å²) in [5.41, 5.74) is 2.24. The number of hydrogen-bond donors (Lipinski definition) is 2. The maximum Gasteiger partial charge on any atom is 0.371 e. The van der Waals surface area contributed by atoms with Gasteiger partial charge < -0.3 is 9.52 Å². The third-order valence-electron chi connectivity index (χ3n) is 3.00. The van der Waals surface area contributed by atoms with Crippen LogP contribution in [0.3, 0.4) is 0 Å². The van der Waals surface area contributed by atoms with Crippen LogP contribution in [0.2, 0.25) is 0 Å². The molecule has 0 bridgehead atoms. The second-order valence-electron chi connectivity index (χ2n) is 4.76. The summed E-state index contributed by atoms with van der Waals surface area (Å²) in [5, 5.41) is 8.84.